The first-order chi connectivity index (χ1) is 10.4. The van der Waals surface area contributed by atoms with Crippen molar-refractivity contribution in [2.24, 2.45) is 0 Å². The molecule has 2 aromatic rings. The van der Waals surface area contributed by atoms with E-state index in [4.69, 9.17) is 0 Å². The van der Waals surface area contributed by atoms with E-state index in [9.17, 15) is 13.2 Å². The first-order valence-electron chi connectivity index (χ1n) is 6.85. The van der Waals surface area contributed by atoms with Gasteiger partial charge in [-0.1, -0.05) is 36.4 Å². The van der Waals surface area contributed by atoms with Crippen LogP contribution in [0.4, 0.5) is 5.69 Å². The molecule has 0 saturated carbocycles. The third kappa shape index (κ3) is 3.74. The molecular weight excluding hydrogens is 298 g/mol. The molecule has 0 spiro atoms. The Morgan fingerprint density at radius 2 is 1.45 bits per heavy atom. The normalized spacial score (nSPS) is 11.4. The molecule has 115 valence electrons. The van der Waals surface area contributed by atoms with Gasteiger partial charge in [-0.3, -0.25) is 4.79 Å². The van der Waals surface area contributed by atoms with Crippen molar-refractivity contribution in [3.8, 4) is 0 Å². The molecule has 0 aliphatic heterocycles. The van der Waals surface area contributed by atoms with Gasteiger partial charge in [-0.05, 0) is 31.2 Å². The van der Waals surface area contributed by atoms with Crippen molar-refractivity contribution in [2.75, 3.05) is 17.7 Å². The Morgan fingerprint density at radius 3 is 2.00 bits per heavy atom. The molecule has 0 unspecified atom stereocenters. The maximum absolute atomic E-state index is 12.4. The van der Waals surface area contributed by atoms with E-state index in [0.29, 0.717) is 0 Å². The number of carbonyl (C=O) groups is 1. The molecule has 0 fully saturated rings. The van der Waals surface area contributed by atoms with Crippen molar-refractivity contribution in [1.29, 1.82) is 0 Å². The smallest absolute Gasteiger partial charge is 0.234 e. The molecule has 22 heavy (non-hydrogen) atoms. The molecule has 0 aromatic heterocycles. The molecule has 0 atom stereocenters. The topological polar surface area (TPSA) is 54.5 Å². The van der Waals surface area contributed by atoms with E-state index in [-0.39, 0.29) is 22.5 Å². The number of nitrogens with zero attached hydrogens (tertiary/aromatic N) is 1. The lowest BCUT2D eigenvalue weighted by Crippen LogP contribution is -2.33. The molecule has 0 heterocycles. The molecule has 0 saturated heterocycles. The highest BCUT2D eigenvalue weighted by Crippen LogP contribution is 2.19. The Labute approximate surface area is 131 Å². The predicted molar refractivity (Wildman–Crippen MR) is 87.3 cm³/mol. The fourth-order valence-electron chi connectivity index (χ4n) is 2.11. The van der Waals surface area contributed by atoms with Crippen molar-refractivity contribution in [3.63, 3.8) is 0 Å². The van der Waals surface area contributed by atoms with Crippen molar-refractivity contribution in [3.05, 3.63) is 66.6 Å². The number of amides is 1. The monoisotopic (exact) mass is 316 g/mol. The maximum Gasteiger partial charge on any atom is 0.234 e. The van der Waals surface area contributed by atoms with Gasteiger partial charge in [0.1, 0.15) is 0 Å². The Hall–Kier alpha value is -2.14. The lowest BCUT2D eigenvalue weighted by molar-refractivity contribution is -0.116. The van der Waals surface area contributed by atoms with E-state index < -0.39 is 9.84 Å². The average molecular weight is 316 g/mol. The Kier molecular flexibility index (Phi) is 4.98. The molecular formula is C17H18NO3S. The minimum atomic E-state index is -3.50. The molecule has 1 amide bonds. The highest BCUT2D eigenvalue weighted by atomic mass is 32.2. The van der Waals surface area contributed by atoms with Crippen LogP contribution in [0.5, 0.6) is 0 Å². The van der Waals surface area contributed by atoms with Gasteiger partial charge in [-0.15, -0.1) is 0 Å². The number of benzene rings is 2. The number of sulfone groups is 1. The van der Waals surface area contributed by atoms with Crippen LogP contribution in [-0.2, 0) is 14.6 Å². The van der Waals surface area contributed by atoms with Gasteiger partial charge in [0.15, 0.2) is 9.84 Å². The molecule has 0 aliphatic rings. The van der Waals surface area contributed by atoms with Crippen LogP contribution in [0.3, 0.4) is 0 Å². The molecule has 2 rings (SSSR count). The Balaban J connectivity index is 2.12. The van der Waals surface area contributed by atoms with Gasteiger partial charge in [0.2, 0.25) is 5.91 Å². The van der Waals surface area contributed by atoms with E-state index in [2.05, 4.69) is 0 Å². The summed E-state index contributed by atoms with van der Waals surface area (Å²) in [4.78, 5) is 14.1. The summed E-state index contributed by atoms with van der Waals surface area (Å²) in [6.45, 7) is 1.56. The second-order valence-electron chi connectivity index (χ2n) is 5.05. The van der Waals surface area contributed by atoms with Crippen LogP contribution >= 0.6 is 0 Å². The van der Waals surface area contributed by atoms with Crippen LogP contribution in [0.2, 0.25) is 0 Å². The zero-order valence-electron chi connectivity index (χ0n) is 12.6. The summed E-state index contributed by atoms with van der Waals surface area (Å²) in [7, 11) is -1.87. The summed E-state index contributed by atoms with van der Waals surface area (Å²) < 4.78 is 24.6. The van der Waals surface area contributed by atoms with E-state index >= 15 is 0 Å². The minimum absolute atomic E-state index is 0.226. The first kappa shape index (κ1) is 16.2. The van der Waals surface area contributed by atoms with Gasteiger partial charge in [-0.25, -0.2) is 8.42 Å². The molecule has 2 aromatic carbocycles. The number of carbonyl (C=O) groups excluding carboxylic acids is 1. The molecule has 5 heteroatoms. The van der Waals surface area contributed by atoms with Gasteiger partial charge in [0, 0.05) is 12.7 Å². The first-order valence-corrected chi connectivity index (χ1v) is 8.50. The van der Waals surface area contributed by atoms with Gasteiger partial charge in [-0.2, -0.15) is 0 Å². The van der Waals surface area contributed by atoms with Gasteiger partial charge < -0.3 is 4.90 Å². The Morgan fingerprint density at radius 1 is 0.955 bits per heavy atom. The number of hydrogen-bond donors (Lipinski definition) is 0. The van der Waals surface area contributed by atoms with Crippen molar-refractivity contribution < 1.29 is 13.2 Å². The minimum Gasteiger partial charge on any atom is -0.315 e. The van der Waals surface area contributed by atoms with E-state index in [1.54, 1.807) is 44.3 Å². The highest BCUT2D eigenvalue weighted by molar-refractivity contribution is 7.91. The SMILES string of the molecule is C[C](CS(=O)(=O)c1ccccc1)C(=O)N(C)c1ccccc1. The zero-order valence-corrected chi connectivity index (χ0v) is 13.4. The van der Waals surface area contributed by atoms with Crippen molar-refractivity contribution in [1.82, 2.24) is 0 Å². The fraction of sp³-hybridized carbons (Fsp3) is 0.176. The van der Waals surface area contributed by atoms with E-state index in [0.717, 1.165) is 5.69 Å². The average Bonchev–Trinajstić information content (AvgIpc) is 2.54. The van der Waals surface area contributed by atoms with Crippen LogP contribution < -0.4 is 4.90 Å². The lowest BCUT2D eigenvalue weighted by Gasteiger charge is -2.21. The highest BCUT2D eigenvalue weighted by Gasteiger charge is 2.26. The van der Waals surface area contributed by atoms with Gasteiger partial charge >= 0.3 is 0 Å². The number of hydrogen-bond acceptors (Lipinski definition) is 3. The van der Waals surface area contributed by atoms with Crippen molar-refractivity contribution in [2.45, 2.75) is 11.8 Å². The number of para-hydroxylation sites is 1. The summed E-state index contributed by atoms with van der Waals surface area (Å²) in [5, 5.41) is 0. The molecule has 1 radical (unpaired) electrons. The van der Waals surface area contributed by atoms with E-state index in [1.165, 1.54) is 17.0 Å². The second kappa shape index (κ2) is 6.75. The second-order valence-corrected chi connectivity index (χ2v) is 7.04. The van der Waals surface area contributed by atoms with Crippen LogP contribution in [0.25, 0.3) is 0 Å². The quantitative estimate of drug-likeness (QED) is 0.852. The summed E-state index contributed by atoms with van der Waals surface area (Å²) in [5.74, 6) is -0.298. The number of rotatable bonds is 5. The largest absolute Gasteiger partial charge is 0.315 e. The van der Waals surface area contributed by atoms with Crippen LogP contribution in [0.1, 0.15) is 6.92 Å². The van der Waals surface area contributed by atoms with Gasteiger partial charge in [0.05, 0.1) is 16.6 Å². The molecule has 0 aliphatic carbocycles. The number of anilines is 1. The van der Waals surface area contributed by atoms with Crippen LogP contribution in [-0.4, -0.2) is 27.1 Å². The third-order valence-electron chi connectivity index (χ3n) is 3.32. The maximum atomic E-state index is 12.4. The summed E-state index contributed by atoms with van der Waals surface area (Å²) in [6.07, 6.45) is 0. The standard InChI is InChI=1S/C17H18NO3S/c1-14(13-22(20,21)16-11-7-4-8-12-16)17(19)18(2)15-9-5-3-6-10-15/h3-12H,13H2,1-2H3. The van der Waals surface area contributed by atoms with Crippen LogP contribution in [0, 0.1) is 5.92 Å². The Bertz CT molecular complexity index is 727. The lowest BCUT2D eigenvalue weighted by atomic mass is 10.2. The van der Waals surface area contributed by atoms with Crippen molar-refractivity contribution >= 4 is 21.4 Å². The molecule has 0 N–H and O–H groups in total. The summed E-state index contributed by atoms with van der Waals surface area (Å²) in [6, 6.07) is 17.3. The fourth-order valence-corrected chi connectivity index (χ4v) is 3.55. The van der Waals surface area contributed by atoms with E-state index in [1.807, 2.05) is 18.2 Å². The molecule has 4 nitrogen and oxygen atoms in total. The summed E-state index contributed by atoms with van der Waals surface area (Å²) in [5.41, 5.74) is 0.726. The molecule has 0 bridgehead atoms. The van der Waals surface area contributed by atoms with Gasteiger partial charge in [0.25, 0.3) is 0 Å². The summed E-state index contributed by atoms with van der Waals surface area (Å²) >= 11 is 0. The third-order valence-corrected chi connectivity index (χ3v) is 5.13. The van der Waals surface area contributed by atoms with Crippen LogP contribution in [0.15, 0.2) is 65.6 Å². The predicted octanol–water partition coefficient (Wildman–Crippen LogP) is 2.72. The zero-order chi connectivity index (χ0) is 16.2.